The Morgan fingerprint density at radius 3 is 2.15 bits per heavy atom. The SMILES string of the molecule is O=C(O)CNC(=O)CNC(=O)[C@@H]1C[C@@H]1CNC(=O)OCC1c2ccccc2-c2ccccc21. The van der Waals surface area contributed by atoms with Crippen LogP contribution >= 0.6 is 0 Å². The molecule has 2 aromatic carbocycles. The zero-order chi connectivity index (χ0) is 23.4. The molecule has 0 aliphatic heterocycles. The topological polar surface area (TPSA) is 134 Å². The lowest BCUT2D eigenvalue weighted by atomic mass is 9.98. The summed E-state index contributed by atoms with van der Waals surface area (Å²) in [6.45, 7) is -0.250. The Labute approximate surface area is 190 Å². The normalized spacial score (nSPS) is 17.9. The number of alkyl carbamates (subject to hydrolysis) is 1. The summed E-state index contributed by atoms with van der Waals surface area (Å²) in [5, 5.41) is 15.9. The maximum atomic E-state index is 12.2. The van der Waals surface area contributed by atoms with Crippen molar-refractivity contribution in [3.63, 3.8) is 0 Å². The largest absolute Gasteiger partial charge is 0.480 e. The van der Waals surface area contributed by atoms with Crippen LogP contribution in [0.5, 0.6) is 0 Å². The minimum Gasteiger partial charge on any atom is -0.480 e. The van der Waals surface area contributed by atoms with E-state index in [1.165, 1.54) is 0 Å². The van der Waals surface area contributed by atoms with Crippen molar-refractivity contribution in [2.45, 2.75) is 12.3 Å². The minimum absolute atomic E-state index is 0.0186. The standard InChI is InChI=1S/C24H25N3O6/c28-21(25-12-22(29)30)11-26-23(31)19-9-14(19)10-27-24(32)33-13-20-17-7-3-1-5-15(17)16-6-2-4-8-18(16)20/h1-8,14,19-20H,9-13H2,(H,25,28)(H,26,31)(H,27,32)(H,29,30)/t14-,19-/m1/s1. The third kappa shape index (κ3) is 5.31. The molecule has 172 valence electrons. The molecule has 0 saturated heterocycles. The first-order valence-electron chi connectivity index (χ1n) is 10.8. The molecule has 1 fully saturated rings. The van der Waals surface area contributed by atoms with Crippen LogP contribution in [0.3, 0.4) is 0 Å². The van der Waals surface area contributed by atoms with Gasteiger partial charge in [0.25, 0.3) is 0 Å². The number of carboxylic acids is 1. The van der Waals surface area contributed by atoms with Crippen LogP contribution in [-0.2, 0) is 19.1 Å². The fourth-order valence-electron chi connectivity index (χ4n) is 4.19. The van der Waals surface area contributed by atoms with E-state index in [0.29, 0.717) is 13.0 Å². The fourth-order valence-corrected chi connectivity index (χ4v) is 4.19. The fraction of sp³-hybridized carbons (Fsp3) is 0.333. The number of fused-ring (bicyclic) bond motifs is 3. The molecule has 9 heteroatoms. The molecule has 2 aliphatic rings. The molecule has 0 bridgehead atoms. The molecular formula is C24H25N3O6. The first-order chi connectivity index (χ1) is 15.9. The van der Waals surface area contributed by atoms with Crippen LogP contribution in [-0.4, -0.2) is 55.2 Å². The number of carbonyl (C=O) groups is 4. The summed E-state index contributed by atoms with van der Waals surface area (Å²) in [6, 6.07) is 16.2. The van der Waals surface area contributed by atoms with Crippen LogP contribution in [0.15, 0.2) is 48.5 Å². The Morgan fingerprint density at radius 1 is 0.879 bits per heavy atom. The first kappa shape index (κ1) is 22.3. The molecule has 2 aromatic rings. The van der Waals surface area contributed by atoms with Gasteiger partial charge < -0.3 is 25.8 Å². The molecular weight excluding hydrogens is 426 g/mol. The molecule has 0 aromatic heterocycles. The molecule has 1 saturated carbocycles. The van der Waals surface area contributed by atoms with E-state index in [-0.39, 0.29) is 36.8 Å². The van der Waals surface area contributed by atoms with Crippen molar-refractivity contribution in [2.24, 2.45) is 11.8 Å². The van der Waals surface area contributed by atoms with Gasteiger partial charge in [-0.3, -0.25) is 14.4 Å². The van der Waals surface area contributed by atoms with E-state index in [0.717, 1.165) is 22.3 Å². The predicted octanol–water partition coefficient (Wildman–Crippen LogP) is 1.48. The van der Waals surface area contributed by atoms with E-state index in [1.54, 1.807) is 0 Å². The number of ether oxygens (including phenoxy) is 1. The third-order valence-corrected chi connectivity index (χ3v) is 5.97. The van der Waals surface area contributed by atoms with Gasteiger partial charge in [-0.05, 0) is 34.6 Å². The number of benzene rings is 2. The molecule has 4 rings (SSSR count). The highest BCUT2D eigenvalue weighted by atomic mass is 16.5. The summed E-state index contributed by atoms with van der Waals surface area (Å²) >= 11 is 0. The summed E-state index contributed by atoms with van der Waals surface area (Å²) in [6.07, 6.45) is 0.0719. The van der Waals surface area contributed by atoms with Gasteiger partial charge in [-0.2, -0.15) is 0 Å². The van der Waals surface area contributed by atoms with Gasteiger partial charge >= 0.3 is 12.1 Å². The smallest absolute Gasteiger partial charge is 0.407 e. The molecule has 0 spiro atoms. The Morgan fingerprint density at radius 2 is 1.52 bits per heavy atom. The van der Waals surface area contributed by atoms with Gasteiger partial charge in [0, 0.05) is 18.4 Å². The van der Waals surface area contributed by atoms with E-state index in [1.807, 2.05) is 24.3 Å². The van der Waals surface area contributed by atoms with Crippen molar-refractivity contribution >= 4 is 23.9 Å². The Kier molecular flexibility index (Phi) is 6.58. The highest BCUT2D eigenvalue weighted by Gasteiger charge is 2.43. The van der Waals surface area contributed by atoms with E-state index >= 15 is 0 Å². The van der Waals surface area contributed by atoms with Crippen LogP contribution < -0.4 is 16.0 Å². The number of aliphatic carboxylic acids is 1. The molecule has 9 nitrogen and oxygen atoms in total. The number of hydrogen-bond donors (Lipinski definition) is 4. The molecule has 0 radical (unpaired) electrons. The van der Waals surface area contributed by atoms with Crippen LogP contribution in [0.1, 0.15) is 23.5 Å². The molecule has 2 aliphatic carbocycles. The first-order valence-corrected chi connectivity index (χ1v) is 10.8. The van der Waals surface area contributed by atoms with Crippen molar-refractivity contribution in [1.82, 2.24) is 16.0 Å². The second-order valence-corrected chi connectivity index (χ2v) is 8.20. The van der Waals surface area contributed by atoms with Gasteiger partial charge in [0.15, 0.2) is 0 Å². The van der Waals surface area contributed by atoms with Gasteiger partial charge in [0.05, 0.1) is 6.54 Å². The van der Waals surface area contributed by atoms with Crippen LogP contribution in [0.25, 0.3) is 11.1 Å². The maximum absolute atomic E-state index is 12.2. The highest BCUT2D eigenvalue weighted by Crippen LogP contribution is 2.44. The molecule has 2 atom stereocenters. The van der Waals surface area contributed by atoms with Crippen molar-refractivity contribution in [1.29, 1.82) is 0 Å². The average molecular weight is 451 g/mol. The Balaban J connectivity index is 1.19. The second kappa shape index (κ2) is 9.72. The monoisotopic (exact) mass is 451 g/mol. The van der Waals surface area contributed by atoms with E-state index in [9.17, 15) is 19.2 Å². The summed E-state index contributed by atoms with van der Waals surface area (Å²) in [4.78, 5) is 46.2. The molecule has 33 heavy (non-hydrogen) atoms. The van der Waals surface area contributed by atoms with Crippen molar-refractivity contribution in [3.8, 4) is 11.1 Å². The number of hydrogen-bond acceptors (Lipinski definition) is 5. The lowest BCUT2D eigenvalue weighted by Crippen LogP contribution is -2.39. The van der Waals surface area contributed by atoms with Gasteiger partial charge in [0.2, 0.25) is 11.8 Å². The lowest BCUT2D eigenvalue weighted by molar-refractivity contribution is -0.137. The lowest BCUT2D eigenvalue weighted by Gasteiger charge is -2.14. The average Bonchev–Trinajstić information content (AvgIpc) is 3.53. The minimum atomic E-state index is -1.16. The molecule has 4 N–H and O–H groups in total. The van der Waals surface area contributed by atoms with Crippen molar-refractivity contribution in [3.05, 3.63) is 59.7 Å². The summed E-state index contributed by atoms with van der Waals surface area (Å²) in [7, 11) is 0. The van der Waals surface area contributed by atoms with Crippen molar-refractivity contribution < 1.29 is 29.0 Å². The summed E-state index contributed by atoms with van der Waals surface area (Å²) in [5.74, 6) is -2.34. The Bertz CT molecular complexity index is 1040. The summed E-state index contributed by atoms with van der Waals surface area (Å²) < 4.78 is 5.49. The number of carboxylic acid groups (broad SMARTS) is 1. The second-order valence-electron chi connectivity index (χ2n) is 8.20. The van der Waals surface area contributed by atoms with Crippen LogP contribution in [0, 0.1) is 11.8 Å². The molecule has 3 amide bonds. The van der Waals surface area contributed by atoms with Gasteiger partial charge in [-0.1, -0.05) is 48.5 Å². The quantitative estimate of drug-likeness (QED) is 0.456. The molecule has 0 unspecified atom stereocenters. The van der Waals surface area contributed by atoms with Gasteiger partial charge in [-0.25, -0.2) is 4.79 Å². The zero-order valence-corrected chi connectivity index (χ0v) is 17.9. The summed E-state index contributed by atoms with van der Waals surface area (Å²) in [5.41, 5.74) is 4.59. The number of nitrogens with one attached hydrogen (secondary N) is 3. The number of rotatable bonds is 9. The van der Waals surface area contributed by atoms with E-state index in [2.05, 4.69) is 40.2 Å². The third-order valence-electron chi connectivity index (χ3n) is 5.97. The zero-order valence-electron chi connectivity index (χ0n) is 17.9. The van der Waals surface area contributed by atoms with E-state index in [4.69, 9.17) is 9.84 Å². The molecule has 0 heterocycles. The van der Waals surface area contributed by atoms with Crippen molar-refractivity contribution in [2.75, 3.05) is 26.2 Å². The van der Waals surface area contributed by atoms with Crippen LogP contribution in [0.2, 0.25) is 0 Å². The van der Waals surface area contributed by atoms with Gasteiger partial charge in [0.1, 0.15) is 13.2 Å². The van der Waals surface area contributed by atoms with E-state index < -0.39 is 24.5 Å². The van der Waals surface area contributed by atoms with Crippen LogP contribution in [0.4, 0.5) is 4.79 Å². The maximum Gasteiger partial charge on any atom is 0.407 e. The number of amides is 3. The highest BCUT2D eigenvalue weighted by molar-refractivity contribution is 5.88. The van der Waals surface area contributed by atoms with Gasteiger partial charge in [-0.15, -0.1) is 0 Å². The Hall–Kier alpha value is -3.88. The predicted molar refractivity (Wildman–Crippen MR) is 118 cm³/mol. The number of carbonyl (C=O) groups excluding carboxylic acids is 3.